The lowest BCUT2D eigenvalue weighted by molar-refractivity contribution is 0.0343. The molecule has 0 saturated heterocycles. The molecule has 0 aliphatic rings. The van der Waals surface area contributed by atoms with E-state index in [0.717, 1.165) is 5.75 Å². The minimum Gasteiger partial charge on any atom is -0.491 e. The molecule has 0 saturated carbocycles. The van der Waals surface area contributed by atoms with Crippen molar-refractivity contribution < 1.29 is 14.6 Å². The molecule has 3 nitrogen and oxygen atoms in total. The molecular weight excluding hydrogens is 228 g/mol. The summed E-state index contributed by atoms with van der Waals surface area (Å²) in [6.45, 7) is 3.20. The van der Waals surface area contributed by atoms with Gasteiger partial charge >= 0.3 is 0 Å². The standard InChI is InChI=1S/C12H17ClO3/c1-10-2-4-12(5-3-10)16-7-6-15-9-11(14)8-13/h2-5,11,14H,6-9H2,1H3. The van der Waals surface area contributed by atoms with E-state index in [2.05, 4.69) is 0 Å². The zero-order valence-electron chi connectivity index (χ0n) is 9.36. The molecule has 0 aliphatic heterocycles. The fraction of sp³-hybridized carbons (Fsp3) is 0.500. The van der Waals surface area contributed by atoms with Gasteiger partial charge in [0.05, 0.1) is 25.2 Å². The largest absolute Gasteiger partial charge is 0.491 e. The Labute approximate surface area is 101 Å². The number of alkyl halides is 1. The monoisotopic (exact) mass is 244 g/mol. The van der Waals surface area contributed by atoms with Gasteiger partial charge in [-0.05, 0) is 19.1 Å². The van der Waals surface area contributed by atoms with Crippen molar-refractivity contribution in [1.82, 2.24) is 0 Å². The summed E-state index contributed by atoms with van der Waals surface area (Å²) < 4.78 is 10.6. The predicted octanol–water partition coefficient (Wildman–Crippen LogP) is 1.99. The number of aryl methyl sites for hydroxylation is 1. The molecule has 0 aromatic heterocycles. The Bertz CT molecular complexity index is 287. The number of rotatable bonds is 7. The van der Waals surface area contributed by atoms with Crippen LogP contribution >= 0.6 is 11.6 Å². The van der Waals surface area contributed by atoms with Gasteiger partial charge in [0.1, 0.15) is 12.4 Å². The van der Waals surface area contributed by atoms with E-state index in [1.54, 1.807) is 0 Å². The predicted molar refractivity (Wildman–Crippen MR) is 64.2 cm³/mol. The third-order valence-corrected chi connectivity index (χ3v) is 2.36. The molecule has 0 spiro atoms. The van der Waals surface area contributed by atoms with Crippen molar-refractivity contribution in [2.24, 2.45) is 0 Å². The van der Waals surface area contributed by atoms with Gasteiger partial charge in [0.15, 0.2) is 0 Å². The Morgan fingerprint density at radius 2 is 1.94 bits per heavy atom. The molecule has 0 amide bonds. The number of hydrogen-bond acceptors (Lipinski definition) is 3. The van der Waals surface area contributed by atoms with E-state index in [1.807, 2.05) is 31.2 Å². The number of aliphatic hydroxyl groups is 1. The van der Waals surface area contributed by atoms with Crippen molar-refractivity contribution in [2.75, 3.05) is 25.7 Å². The highest BCUT2D eigenvalue weighted by atomic mass is 35.5. The van der Waals surface area contributed by atoms with E-state index >= 15 is 0 Å². The first-order chi connectivity index (χ1) is 7.72. The van der Waals surface area contributed by atoms with Gasteiger partial charge in [-0.2, -0.15) is 0 Å². The van der Waals surface area contributed by atoms with Crippen LogP contribution in [0.15, 0.2) is 24.3 Å². The molecule has 90 valence electrons. The summed E-state index contributed by atoms with van der Waals surface area (Å²) in [6, 6.07) is 7.83. The third kappa shape index (κ3) is 5.35. The van der Waals surface area contributed by atoms with Crippen molar-refractivity contribution in [1.29, 1.82) is 0 Å². The van der Waals surface area contributed by atoms with Crippen LogP contribution in [0.1, 0.15) is 5.56 Å². The zero-order chi connectivity index (χ0) is 11.8. The smallest absolute Gasteiger partial charge is 0.119 e. The molecule has 0 fully saturated rings. The third-order valence-electron chi connectivity index (χ3n) is 2.01. The average molecular weight is 245 g/mol. The maximum absolute atomic E-state index is 9.11. The van der Waals surface area contributed by atoms with E-state index in [9.17, 15) is 0 Å². The maximum Gasteiger partial charge on any atom is 0.119 e. The fourth-order valence-corrected chi connectivity index (χ4v) is 1.21. The van der Waals surface area contributed by atoms with Crippen molar-refractivity contribution in [3.63, 3.8) is 0 Å². The number of halogens is 1. The van der Waals surface area contributed by atoms with Gasteiger partial charge in [-0.25, -0.2) is 0 Å². The second-order valence-corrected chi connectivity index (χ2v) is 3.85. The van der Waals surface area contributed by atoms with Gasteiger partial charge < -0.3 is 14.6 Å². The van der Waals surface area contributed by atoms with Crippen LogP contribution < -0.4 is 4.74 Å². The number of benzene rings is 1. The summed E-state index contributed by atoms with van der Waals surface area (Å²) >= 11 is 5.41. The van der Waals surface area contributed by atoms with Crippen molar-refractivity contribution in [3.8, 4) is 5.75 Å². The highest BCUT2D eigenvalue weighted by molar-refractivity contribution is 6.18. The molecule has 0 aliphatic carbocycles. The highest BCUT2D eigenvalue weighted by Crippen LogP contribution is 2.10. The van der Waals surface area contributed by atoms with E-state index in [1.165, 1.54) is 5.56 Å². The van der Waals surface area contributed by atoms with Gasteiger partial charge in [0, 0.05) is 0 Å². The fourth-order valence-electron chi connectivity index (χ4n) is 1.12. The van der Waals surface area contributed by atoms with Gasteiger partial charge in [0.25, 0.3) is 0 Å². The van der Waals surface area contributed by atoms with Crippen molar-refractivity contribution in [3.05, 3.63) is 29.8 Å². The minimum absolute atomic E-state index is 0.193. The Balaban J connectivity index is 2.09. The maximum atomic E-state index is 9.11. The SMILES string of the molecule is Cc1ccc(OCCOCC(O)CCl)cc1. The summed E-state index contributed by atoms with van der Waals surface area (Å²) in [6.07, 6.45) is -0.596. The topological polar surface area (TPSA) is 38.7 Å². The molecule has 4 heteroatoms. The lowest BCUT2D eigenvalue weighted by Crippen LogP contribution is -2.19. The summed E-state index contributed by atoms with van der Waals surface area (Å²) in [5, 5.41) is 9.11. The van der Waals surface area contributed by atoms with E-state index in [-0.39, 0.29) is 12.5 Å². The van der Waals surface area contributed by atoms with Gasteiger partial charge in [-0.3, -0.25) is 0 Å². The second-order valence-electron chi connectivity index (χ2n) is 3.54. The molecule has 0 bridgehead atoms. The molecule has 0 radical (unpaired) electrons. The lowest BCUT2D eigenvalue weighted by atomic mass is 10.2. The van der Waals surface area contributed by atoms with Gasteiger partial charge in [0.2, 0.25) is 0 Å². The molecule has 1 aromatic carbocycles. The van der Waals surface area contributed by atoms with Gasteiger partial charge in [-0.1, -0.05) is 17.7 Å². The Kier molecular flexibility index (Phi) is 6.23. The van der Waals surface area contributed by atoms with E-state index in [0.29, 0.717) is 13.2 Å². The molecule has 1 atom stereocenters. The molecule has 1 unspecified atom stereocenters. The van der Waals surface area contributed by atoms with Crippen LogP contribution in [0.25, 0.3) is 0 Å². The minimum atomic E-state index is -0.596. The first kappa shape index (κ1) is 13.3. The van der Waals surface area contributed by atoms with Crippen molar-refractivity contribution >= 4 is 11.6 Å². The second kappa shape index (κ2) is 7.49. The zero-order valence-corrected chi connectivity index (χ0v) is 10.1. The molecule has 1 rings (SSSR count). The molecular formula is C12H17ClO3. The van der Waals surface area contributed by atoms with Gasteiger partial charge in [-0.15, -0.1) is 11.6 Å². The first-order valence-corrected chi connectivity index (χ1v) is 5.77. The van der Waals surface area contributed by atoms with E-state index < -0.39 is 6.10 Å². The summed E-state index contributed by atoms with van der Waals surface area (Å²) in [5.41, 5.74) is 1.20. The van der Waals surface area contributed by atoms with Crippen LogP contribution in [-0.4, -0.2) is 36.9 Å². The lowest BCUT2D eigenvalue weighted by Gasteiger charge is -2.09. The Morgan fingerprint density at radius 3 is 2.56 bits per heavy atom. The first-order valence-electron chi connectivity index (χ1n) is 5.23. The summed E-state index contributed by atoms with van der Waals surface area (Å²) in [5.74, 6) is 1.02. The van der Waals surface area contributed by atoms with Crippen LogP contribution in [0.5, 0.6) is 5.75 Å². The molecule has 16 heavy (non-hydrogen) atoms. The molecule has 1 N–H and O–H groups in total. The van der Waals surface area contributed by atoms with Crippen LogP contribution in [0, 0.1) is 6.92 Å². The quantitative estimate of drug-likeness (QED) is 0.589. The number of hydrogen-bond donors (Lipinski definition) is 1. The normalized spacial score (nSPS) is 12.4. The average Bonchev–Trinajstić information content (AvgIpc) is 2.31. The van der Waals surface area contributed by atoms with Crippen LogP contribution in [-0.2, 0) is 4.74 Å². The molecule has 1 aromatic rings. The Hall–Kier alpha value is -0.770. The Morgan fingerprint density at radius 1 is 1.25 bits per heavy atom. The van der Waals surface area contributed by atoms with Crippen LogP contribution in [0.3, 0.4) is 0 Å². The van der Waals surface area contributed by atoms with Crippen molar-refractivity contribution in [2.45, 2.75) is 13.0 Å². The molecule has 0 heterocycles. The number of ether oxygens (including phenoxy) is 2. The van der Waals surface area contributed by atoms with Crippen LogP contribution in [0.2, 0.25) is 0 Å². The summed E-state index contributed by atoms with van der Waals surface area (Å²) in [4.78, 5) is 0. The number of aliphatic hydroxyl groups excluding tert-OH is 1. The van der Waals surface area contributed by atoms with Crippen LogP contribution in [0.4, 0.5) is 0 Å². The van der Waals surface area contributed by atoms with E-state index in [4.69, 9.17) is 26.2 Å². The highest BCUT2D eigenvalue weighted by Gasteiger charge is 2.01. The summed E-state index contributed by atoms with van der Waals surface area (Å²) in [7, 11) is 0.